The van der Waals surface area contributed by atoms with Crippen LogP contribution in [-0.4, -0.2) is 37.1 Å². The Hall–Kier alpha value is -1.76. The molecule has 0 spiro atoms. The Labute approximate surface area is 137 Å². The number of imide groups is 1. The highest BCUT2D eigenvalue weighted by Gasteiger charge is 2.39. The number of benzene rings is 1. The first-order chi connectivity index (χ1) is 10.4. The Bertz CT molecular complexity index is 603. The van der Waals surface area contributed by atoms with Gasteiger partial charge in [-0.2, -0.15) is 0 Å². The van der Waals surface area contributed by atoms with Crippen molar-refractivity contribution in [3.05, 3.63) is 22.2 Å². The summed E-state index contributed by atoms with van der Waals surface area (Å²) >= 11 is 3.44. The van der Waals surface area contributed by atoms with Gasteiger partial charge in [-0.1, -0.05) is 29.8 Å². The van der Waals surface area contributed by atoms with Crippen molar-refractivity contribution in [2.24, 2.45) is 5.92 Å². The van der Waals surface area contributed by atoms with Crippen molar-refractivity contribution in [1.29, 1.82) is 0 Å². The molecular weight excluding hydrogens is 352 g/mol. The summed E-state index contributed by atoms with van der Waals surface area (Å²) in [6.07, 6.45) is 0. The fraction of sp³-hybridized carbons (Fsp3) is 0.467. The van der Waals surface area contributed by atoms with Crippen molar-refractivity contribution in [3.8, 4) is 11.5 Å². The molecule has 1 aliphatic rings. The van der Waals surface area contributed by atoms with Crippen LogP contribution in [0.25, 0.3) is 0 Å². The van der Waals surface area contributed by atoms with Crippen LogP contribution in [0, 0.1) is 5.92 Å². The number of rotatable bonds is 5. The average molecular weight is 371 g/mol. The van der Waals surface area contributed by atoms with Gasteiger partial charge in [0.2, 0.25) is 0 Å². The third kappa shape index (κ3) is 3.04. The van der Waals surface area contributed by atoms with Crippen LogP contribution in [0.2, 0.25) is 0 Å². The Morgan fingerprint density at radius 3 is 2.32 bits per heavy atom. The molecule has 0 aromatic heterocycles. The Morgan fingerprint density at radius 2 is 1.82 bits per heavy atom. The zero-order valence-electron chi connectivity index (χ0n) is 13.0. The van der Waals surface area contributed by atoms with Gasteiger partial charge in [0.15, 0.2) is 11.5 Å². The second-order valence-corrected chi connectivity index (χ2v) is 6.25. The van der Waals surface area contributed by atoms with Crippen molar-refractivity contribution >= 4 is 27.9 Å². The van der Waals surface area contributed by atoms with E-state index in [0.717, 1.165) is 10.0 Å². The Morgan fingerprint density at radius 1 is 1.23 bits per heavy atom. The van der Waals surface area contributed by atoms with Gasteiger partial charge in [-0.15, -0.1) is 0 Å². The number of hydrogen-bond acceptors (Lipinski definition) is 4. The lowest BCUT2D eigenvalue weighted by Gasteiger charge is -2.17. The van der Waals surface area contributed by atoms with E-state index in [1.54, 1.807) is 19.2 Å². The predicted molar refractivity (Wildman–Crippen MR) is 85.0 cm³/mol. The molecule has 1 unspecified atom stereocenters. The smallest absolute Gasteiger partial charge is 0.325 e. The third-order valence-corrected chi connectivity index (χ3v) is 4.34. The number of halogens is 1. The number of hydrogen-bond donors (Lipinski definition) is 1. The van der Waals surface area contributed by atoms with Crippen LogP contribution in [0.15, 0.2) is 16.6 Å². The highest BCUT2D eigenvalue weighted by molar-refractivity contribution is 9.10. The van der Waals surface area contributed by atoms with Gasteiger partial charge in [-0.3, -0.25) is 9.69 Å². The van der Waals surface area contributed by atoms with Gasteiger partial charge in [0.1, 0.15) is 6.04 Å². The van der Waals surface area contributed by atoms with Crippen LogP contribution >= 0.6 is 15.9 Å². The molecule has 1 atom stereocenters. The first-order valence-corrected chi connectivity index (χ1v) is 7.70. The van der Waals surface area contributed by atoms with Gasteiger partial charge in [0.05, 0.1) is 20.8 Å². The maximum Gasteiger partial charge on any atom is 0.325 e. The maximum atomic E-state index is 12.3. The number of nitrogens with one attached hydrogen (secondary N) is 1. The molecule has 0 radical (unpaired) electrons. The van der Waals surface area contributed by atoms with Crippen molar-refractivity contribution < 1.29 is 19.1 Å². The Balaban J connectivity index is 2.27. The summed E-state index contributed by atoms with van der Waals surface area (Å²) in [4.78, 5) is 25.6. The summed E-state index contributed by atoms with van der Waals surface area (Å²) < 4.78 is 11.2. The van der Waals surface area contributed by atoms with E-state index < -0.39 is 6.04 Å². The minimum absolute atomic E-state index is 0.0512. The standard InChI is InChI=1S/C15H19BrN2O4/c1-8(2)13-14(19)18(15(20)17-13)7-9-5-11(21-3)12(22-4)6-10(9)16/h5-6,8,13H,7H2,1-4H3,(H,17,20). The van der Waals surface area contributed by atoms with Gasteiger partial charge in [-0.25, -0.2) is 4.79 Å². The largest absolute Gasteiger partial charge is 0.493 e. The summed E-state index contributed by atoms with van der Waals surface area (Å²) in [7, 11) is 3.09. The van der Waals surface area contributed by atoms with Gasteiger partial charge >= 0.3 is 6.03 Å². The third-order valence-electron chi connectivity index (χ3n) is 3.60. The number of nitrogens with zero attached hydrogens (tertiary/aromatic N) is 1. The molecule has 0 saturated carbocycles. The van der Waals surface area contributed by atoms with E-state index in [0.29, 0.717) is 11.5 Å². The number of amides is 3. The monoisotopic (exact) mass is 370 g/mol. The molecule has 1 fully saturated rings. The highest BCUT2D eigenvalue weighted by atomic mass is 79.9. The molecule has 3 amide bonds. The van der Waals surface area contributed by atoms with Crippen molar-refractivity contribution in [3.63, 3.8) is 0 Å². The van der Waals surface area contributed by atoms with Crippen molar-refractivity contribution in [2.45, 2.75) is 26.4 Å². The van der Waals surface area contributed by atoms with E-state index >= 15 is 0 Å². The molecule has 2 rings (SSSR count). The molecule has 0 bridgehead atoms. The highest BCUT2D eigenvalue weighted by Crippen LogP contribution is 2.34. The molecule has 120 valence electrons. The van der Waals surface area contributed by atoms with E-state index in [4.69, 9.17) is 9.47 Å². The fourth-order valence-electron chi connectivity index (χ4n) is 2.33. The number of carbonyl (C=O) groups is 2. The average Bonchev–Trinajstić information content (AvgIpc) is 2.76. The van der Waals surface area contributed by atoms with Crippen molar-refractivity contribution in [2.75, 3.05) is 14.2 Å². The predicted octanol–water partition coefficient (Wildman–Crippen LogP) is 2.54. The summed E-state index contributed by atoms with van der Waals surface area (Å²) in [5, 5.41) is 2.71. The summed E-state index contributed by atoms with van der Waals surface area (Å²) in [6, 6.07) is 2.68. The number of ether oxygens (including phenoxy) is 2. The lowest BCUT2D eigenvalue weighted by molar-refractivity contribution is -0.128. The molecule has 1 aliphatic heterocycles. The van der Waals surface area contributed by atoms with E-state index in [9.17, 15) is 9.59 Å². The molecule has 1 N–H and O–H groups in total. The maximum absolute atomic E-state index is 12.3. The van der Waals surface area contributed by atoms with Crippen LogP contribution in [-0.2, 0) is 11.3 Å². The van der Waals surface area contributed by atoms with Gasteiger partial charge in [-0.05, 0) is 23.6 Å². The van der Waals surface area contributed by atoms with Crippen molar-refractivity contribution in [1.82, 2.24) is 10.2 Å². The van der Waals surface area contributed by atoms with Gasteiger partial charge < -0.3 is 14.8 Å². The fourth-order valence-corrected chi connectivity index (χ4v) is 2.78. The zero-order valence-corrected chi connectivity index (χ0v) is 14.6. The summed E-state index contributed by atoms with van der Waals surface area (Å²) in [6.45, 7) is 3.98. The minimum Gasteiger partial charge on any atom is -0.493 e. The lowest BCUT2D eigenvalue weighted by atomic mass is 10.0. The van der Waals surface area contributed by atoms with E-state index in [2.05, 4.69) is 21.2 Å². The van der Waals surface area contributed by atoms with Gasteiger partial charge in [0, 0.05) is 4.47 Å². The zero-order chi connectivity index (χ0) is 16.4. The molecule has 1 saturated heterocycles. The normalized spacial score (nSPS) is 17.9. The molecule has 1 aromatic carbocycles. The second kappa shape index (κ2) is 6.56. The molecule has 1 heterocycles. The van der Waals surface area contributed by atoms with E-state index in [-0.39, 0.29) is 24.4 Å². The van der Waals surface area contributed by atoms with E-state index in [1.165, 1.54) is 12.0 Å². The number of carbonyl (C=O) groups excluding carboxylic acids is 2. The van der Waals surface area contributed by atoms with Crippen LogP contribution in [0.3, 0.4) is 0 Å². The molecule has 7 heteroatoms. The lowest BCUT2D eigenvalue weighted by Crippen LogP contribution is -2.34. The molecule has 6 nitrogen and oxygen atoms in total. The van der Waals surface area contributed by atoms with Crippen LogP contribution in [0.5, 0.6) is 11.5 Å². The molecule has 0 aliphatic carbocycles. The molecular formula is C15H19BrN2O4. The number of methoxy groups -OCH3 is 2. The molecule has 1 aromatic rings. The van der Waals surface area contributed by atoms with Crippen LogP contribution in [0.1, 0.15) is 19.4 Å². The first-order valence-electron chi connectivity index (χ1n) is 6.91. The summed E-state index contributed by atoms with van der Waals surface area (Å²) in [5.41, 5.74) is 0.769. The SMILES string of the molecule is COc1cc(Br)c(CN2C(=O)NC(C(C)C)C2=O)cc1OC. The number of urea groups is 1. The minimum atomic E-state index is -0.466. The topological polar surface area (TPSA) is 67.9 Å². The van der Waals surface area contributed by atoms with E-state index in [1.807, 2.05) is 13.8 Å². The molecule has 22 heavy (non-hydrogen) atoms. The van der Waals surface area contributed by atoms with Crippen LogP contribution in [0.4, 0.5) is 4.79 Å². The first kappa shape index (κ1) is 16.6. The van der Waals surface area contributed by atoms with Crippen LogP contribution < -0.4 is 14.8 Å². The quantitative estimate of drug-likeness (QED) is 0.808. The summed E-state index contributed by atoms with van der Waals surface area (Å²) in [5.74, 6) is 0.973. The second-order valence-electron chi connectivity index (χ2n) is 5.39. The van der Waals surface area contributed by atoms with Gasteiger partial charge in [0.25, 0.3) is 5.91 Å². The Kier molecular flexibility index (Phi) is 4.95.